The molecule has 0 fully saturated rings. The summed E-state index contributed by atoms with van der Waals surface area (Å²) in [5, 5.41) is 0. The summed E-state index contributed by atoms with van der Waals surface area (Å²) in [6, 6.07) is 6.01. The molecule has 0 aliphatic rings. The predicted octanol–water partition coefficient (Wildman–Crippen LogP) is 1.83. The summed E-state index contributed by atoms with van der Waals surface area (Å²) in [7, 11) is 1.66. The maximum absolute atomic E-state index is 12.5. The van der Waals surface area contributed by atoms with Crippen molar-refractivity contribution < 1.29 is 4.39 Å². The molecule has 0 aliphatic heterocycles. The van der Waals surface area contributed by atoms with Gasteiger partial charge in [0, 0.05) is 19.0 Å². The Balaban J connectivity index is 2.89. The highest BCUT2D eigenvalue weighted by atomic mass is 19.1. The maximum atomic E-state index is 12.5. The smallest absolute Gasteiger partial charge is 0.123 e. The van der Waals surface area contributed by atoms with Crippen LogP contribution >= 0.6 is 0 Å². The number of benzene rings is 1. The molecule has 1 aromatic carbocycles. The first-order valence-electron chi connectivity index (χ1n) is 3.88. The molecule has 13 heavy (non-hydrogen) atoms. The van der Waals surface area contributed by atoms with Crippen LogP contribution in [-0.2, 0) is 0 Å². The van der Waals surface area contributed by atoms with Gasteiger partial charge < -0.3 is 5.73 Å². The van der Waals surface area contributed by atoms with E-state index in [4.69, 9.17) is 5.73 Å². The van der Waals surface area contributed by atoms with Crippen molar-refractivity contribution in [2.24, 2.45) is 10.7 Å². The Morgan fingerprint density at radius 3 is 2.54 bits per heavy atom. The molecule has 0 saturated heterocycles. The molecular formula is C10H11FN2. The van der Waals surface area contributed by atoms with Gasteiger partial charge in [-0.05, 0) is 23.8 Å². The molecular weight excluding hydrogens is 167 g/mol. The lowest BCUT2D eigenvalue weighted by atomic mass is 10.1. The van der Waals surface area contributed by atoms with Gasteiger partial charge in [-0.2, -0.15) is 0 Å². The number of allylic oxidation sites excluding steroid dienone is 1. The van der Waals surface area contributed by atoms with Gasteiger partial charge in [-0.25, -0.2) is 4.39 Å². The SMILES string of the molecule is CN=C/C=C(\N)c1ccc(F)cc1. The van der Waals surface area contributed by atoms with Crippen LogP contribution in [0.2, 0.25) is 0 Å². The lowest BCUT2D eigenvalue weighted by Gasteiger charge is -1.98. The molecule has 2 nitrogen and oxygen atoms in total. The van der Waals surface area contributed by atoms with Gasteiger partial charge in [0.05, 0.1) is 0 Å². The molecule has 0 saturated carbocycles. The minimum Gasteiger partial charge on any atom is -0.398 e. The Morgan fingerprint density at radius 2 is 2.00 bits per heavy atom. The van der Waals surface area contributed by atoms with Gasteiger partial charge in [-0.3, -0.25) is 4.99 Å². The number of halogens is 1. The summed E-state index contributed by atoms with van der Waals surface area (Å²) in [5.74, 6) is -0.263. The number of aliphatic imine (C=N–C) groups is 1. The number of nitrogens with zero attached hydrogens (tertiary/aromatic N) is 1. The maximum Gasteiger partial charge on any atom is 0.123 e. The zero-order valence-corrected chi connectivity index (χ0v) is 7.37. The van der Waals surface area contributed by atoms with Gasteiger partial charge >= 0.3 is 0 Å². The zero-order chi connectivity index (χ0) is 9.68. The highest BCUT2D eigenvalue weighted by Gasteiger charge is 1.94. The molecule has 0 atom stereocenters. The molecule has 0 bridgehead atoms. The van der Waals surface area contributed by atoms with Gasteiger partial charge in [-0.15, -0.1) is 0 Å². The van der Waals surface area contributed by atoms with Gasteiger partial charge in [-0.1, -0.05) is 12.1 Å². The molecule has 0 spiro atoms. The van der Waals surface area contributed by atoms with E-state index in [9.17, 15) is 4.39 Å². The minimum atomic E-state index is -0.263. The molecule has 0 heterocycles. The average molecular weight is 178 g/mol. The van der Waals surface area contributed by atoms with Crippen LogP contribution in [0.4, 0.5) is 4.39 Å². The van der Waals surface area contributed by atoms with Crippen LogP contribution < -0.4 is 5.73 Å². The third-order valence-electron chi connectivity index (χ3n) is 1.58. The molecule has 3 heteroatoms. The van der Waals surface area contributed by atoms with E-state index in [-0.39, 0.29) is 5.82 Å². The third kappa shape index (κ3) is 2.71. The Bertz CT molecular complexity index is 325. The second kappa shape index (κ2) is 4.40. The van der Waals surface area contributed by atoms with Crippen LogP contribution in [0.3, 0.4) is 0 Å². The topological polar surface area (TPSA) is 38.4 Å². The fourth-order valence-corrected chi connectivity index (χ4v) is 0.893. The Kier molecular flexibility index (Phi) is 3.20. The van der Waals surface area contributed by atoms with E-state index in [1.54, 1.807) is 31.5 Å². The van der Waals surface area contributed by atoms with Crippen LogP contribution in [0.25, 0.3) is 5.70 Å². The highest BCUT2D eigenvalue weighted by molar-refractivity contribution is 5.83. The summed E-state index contributed by atoms with van der Waals surface area (Å²) in [6.07, 6.45) is 3.27. The molecule has 0 unspecified atom stereocenters. The second-order valence-electron chi connectivity index (χ2n) is 2.54. The fourth-order valence-electron chi connectivity index (χ4n) is 0.893. The van der Waals surface area contributed by atoms with Crippen molar-refractivity contribution in [2.75, 3.05) is 7.05 Å². The van der Waals surface area contributed by atoms with Crippen LogP contribution in [0, 0.1) is 5.82 Å². The largest absolute Gasteiger partial charge is 0.398 e. The van der Waals surface area contributed by atoms with Crippen molar-refractivity contribution in [3.63, 3.8) is 0 Å². The first kappa shape index (κ1) is 9.45. The van der Waals surface area contributed by atoms with Gasteiger partial charge in [0.25, 0.3) is 0 Å². The quantitative estimate of drug-likeness (QED) is 0.689. The number of hydrogen-bond acceptors (Lipinski definition) is 2. The molecule has 0 aromatic heterocycles. The van der Waals surface area contributed by atoms with Crippen LogP contribution in [0.1, 0.15) is 5.56 Å². The van der Waals surface area contributed by atoms with E-state index in [1.807, 2.05) is 0 Å². The Morgan fingerprint density at radius 1 is 1.38 bits per heavy atom. The van der Waals surface area contributed by atoms with Crippen molar-refractivity contribution in [3.05, 3.63) is 41.7 Å². The summed E-state index contributed by atoms with van der Waals surface area (Å²) in [5.41, 5.74) is 7.05. The summed E-state index contributed by atoms with van der Waals surface area (Å²) in [6.45, 7) is 0. The van der Waals surface area contributed by atoms with Gasteiger partial charge in [0.15, 0.2) is 0 Å². The Labute approximate surface area is 76.6 Å². The van der Waals surface area contributed by atoms with E-state index in [1.165, 1.54) is 12.1 Å². The third-order valence-corrected chi connectivity index (χ3v) is 1.58. The number of nitrogens with two attached hydrogens (primary N) is 1. The van der Waals surface area contributed by atoms with E-state index >= 15 is 0 Å². The van der Waals surface area contributed by atoms with Gasteiger partial charge in [0.1, 0.15) is 5.82 Å². The minimum absolute atomic E-state index is 0.263. The number of hydrogen-bond donors (Lipinski definition) is 1. The second-order valence-corrected chi connectivity index (χ2v) is 2.54. The molecule has 1 rings (SSSR count). The van der Waals surface area contributed by atoms with E-state index in [2.05, 4.69) is 4.99 Å². The van der Waals surface area contributed by atoms with E-state index < -0.39 is 0 Å². The average Bonchev–Trinajstić information content (AvgIpc) is 2.15. The standard InChI is InChI=1S/C10H11FN2/c1-13-7-6-10(12)8-2-4-9(11)5-3-8/h2-7H,12H2,1H3/b10-6-,13-7?. The van der Waals surface area contributed by atoms with Crippen molar-refractivity contribution in [2.45, 2.75) is 0 Å². The van der Waals surface area contributed by atoms with Crippen molar-refractivity contribution in [3.8, 4) is 0 Å². The van der Waals surface area contributed by atoms with E-state index in [0.717, 1.165) is 5.56 Å². The van der Waals surface area contributed by atoms with E-state index in [0.29, 0.717) is 5.70 Å². The summed E-state index contributed by atoms with van der Waals surface area (Å²) in [4.78, 5) is 3.76. The molecule has 68 valence electrons. The number of rotatable bonds is 2. The monoisotopic (exact) mass is 178 g/mol. The fraction of sp³-hybridized carbons (Fsp3) is 0.100. The Hall–Kier alpha value is -1.64. The van der Waals surface area contributed by atoms with Crippen molar-refractivity contribution in [1.82, 2.24) is 0 Å². The van der Waals surface area contributed by atoms with Gasteiger partial charge in [0.2, 0.25) is 0 Å². The summed E-state index contributed by atoms with van der Waals surface area (Å²) >= 11 is 0. The molecule has 0 aliphatic carbocycles. The predicted molar refractivity (Wildman–Crippen MR) is 53.0 cm³/mol. The molecule has 1 aromatic rings. The van der Waals surface area contributed by atoms with Crippen molar-refractivity contribution in [1.29, 1.82) is 0 Å². The van der Waals surface area contributed by atoms with Crippen LogP contribution in [0.15, 0.2) is 35.3 Å². The first-order valence-corrected chi connectivity index (χ1v) is 3.88. The molecule has 0 amide bonds. The summed E-state index contributed by atoms with van der Waals surface area (Å²) < 4.78 is 12.5. The molecule has 0 radical (unpaired) electrons. The van der Waals surface area contributed by atoms with Crippen LogP contribution in [-0.4, -0.2) is 13.3 Å². The first-order chi connectivity index (χ1) is 6.24. The lowest BCUT2D eigenvalue weighted by Crippen LogP contribution is -1.96. The normalized spacial score (nSPS) is 12.3. The highest BCUT2D eigenvalue weighted by Crippen LogP contribution is 2.08. The van der Waals surface area contributed by atoms with Crippen LogP contribution in [0.5, 0.6) is 0 Å². The lowest BCUT2D eigenvalue weighted by molar-refractivity contribution is 0.627. The zero-order valence-electron chi connectivity index (χ0n) is 7.37. The molecule has 2 N–H and O–H groups in total. The van der Waals surface area contributed by atoms with Crippen molar-refractivity contribution >= 4 is 11.9 Å².